The van der Waals surface area contributed by atoms with E-state index >= 15 is 0 Å². The Morgan fingerprint density at radius 2 is 2.00 bits per heavy atom. The highest BCUT2D eigenvalue weighted by atomic mass is 35.5. The zero-order valence-electron chi connectivity index (χ0n) is 19.1. The molecule has 186 valence electrons. The number of nitrogens with one attached hydrogen (secondary N) is 1. The van der Waals surface area contributed by atoms with Crippen LogP contribution in [0.4, 0.5) is 23.7 Å². The highest BCUT2D eigenvalue weighted by Gasteiger charge is 2.36. The van der Waals surface area contributed by atoms with Gasteiger partial charge in [0.2, 0.25) is 0 Å². The quantitative estimate of drug-likeness (QED) is 0.573. The number of rotatable bonds is 5. The van der Waals surface area contributed by atoms with Gasteiger partial charge in [-0.2, -0.15) is 13.2 Å². The number of dihydropyridines is 1. The molecule has 2 amide bonds. The van der Waals surface area contributed by atoms with Crippen LogP contribution in [0.3, 0.4) is 0 Å². The minimum Gasteiger partial charge on any atom is -0.491 e. The van der Waals surface area contributed by atoms with Crippen LogP contribution in [-0.4, -0.2) is 59.3 Å². The Kier molecular flexibility index (Phi) is 7.50. The third kappa shape index (κ3) is 6.65. The Labute approximate surface area is 200 Å². The van der Waals surface area contributed by atoms with E-state index in [1.54, 1.807) is 20.8 Å². The third-order valence-corrected chi connectivity index (χ3v) is 5.61. The van der Waals surface area contributed by atoms with E-state index in [9.17, 15) is 22.8 Å². The van der Waals surface area contributed by atoms with Crippen molar-refractivity contribution < 1.29 is 32.2 Å². The lowest BCUT2D eigenvalue weighted by Gasteiger charge is -2.28. The first-order valence-electron chi connectivity index (χ1n) is 10.8. The molecule has 2 atom stereocenters. The Bertz CT molecular complexity index is 991. The van der Waals surface area contributed by atoms with Crippen molar-refractivity contribution in [1.29, 1.82) is 0 Å². The molecule has 2 heterocycles. The van der Waals surface area contributed by atoms with E-state index < -0.39 is 34.2 Å². The van der Waals surface area contributed by atoms with Crippen molar-refractivity contribution in [1.82, 2.24) is 4.90 Å². The van der Waals surface area contributed by atoms with Gasteiger partial charge in [0.05, 0.1) is 18.2 Å². The molecule has 2 aliphatic heterocycles. The number of aliphatic imine (C=N–C) groups is 1. The molecule has 2 aliphatic rings. The highest BCUT2D eigenvalue weighted by Crippen LogP contribution is 2.35. The molecular formula is C23H27ClF3N3O4. The van der Waals surface area contributed by atoms with E-state index in [2.05, 4.69) is 10.3 Å². The molecule has 1 aromatic carbocycles. The van der Waals surface area contributed by atoms with Gasteiger partial charge in [-0.3, -0.25) is 9.79 Å². The second-order valence-corrected chi connectivity index (χ2v) is 9.86. The number of allylic oxidation sites excluding steroid dienone is 1. The zero-order chi connectivity index (χ0) is 25.1. The van der Waals surface area contributed by atoms with Crippen LogP contribution in [0.2, 0.25) is 0 Å². The van der Waals surface area contributed by atoms with E-state index in [0.29, 0.717) is 13.0 Å². The lowest BCUT2D eigenvalue weighted by molar-refractivity contribution is -0.137. The topological polar surface area (TPSA) is 80.2 Å². The summed E-state index contributed by atoms with van der Waals surface area (Å²) in [5.41, 5.74) is -1.78. The fraction of sp³-hybridized carbons (Fsp3) is 0.522. The van der Waals surface area contributed by atoms with Gasteiger partial charge < -0.3 is 19.7 Å². The van der Waals surface area contributed by atoms with Gasteiger partial charge in [-0.25, -0.2) is 4.79 Å². The Balaban J connectivity index is 1.75. The maximum Gasteiger partial charge on any atom is 0.416 e. The monoisotopic (exact) mass is 501 g/mol. The van der Waals surface area contributed by atoms with Crippen molar-refractivity contribution in [2.45, 2.75) is 56.3 Å². The standard InChI is InChI=1S/C23H27ClF3N3O4/c1-21(2,3)34-20(32)30-9-4-6-17(30)13-33-18-11-15(23(25,26)27)10-16(12-18)29-19(31)22(24)7-5-8-28-14-22/h5,7-8,10-12,17H,4,6,9,13-14H2,1-3H3,(H,29,31)/t17?,22-/m0/s1. The van der Waals surface area contributed by atoms with E-state index in [0.717, 1.165) is 18.6 Å². The van der Waals surface area contributed by atoms with Crippen molar-refractivity contribution in [2.24, 2.45) is 4.99 Å². The van der Waals surface area contributed by atoms with Crippen LogP contribution in [0.25, 0.3) is 0 Å². The molecule has 1 aromatic rings. The van der Waals surface area contributed by atoms with Gasteiger partial charge in [-0.05, 0) is 51.8 Å². The average molecular weight is 502 g/mol. The second kappa shape index (κ2) is 9.85. The largest absolute Gasteiger partial charge is 0.491 e. The van der Waals surface area contributed by atoms with E-state index in [1.807, 2.05) is 0 Å². The number of likely N-dealkylation sites (tertiary alicyclic amines) is 1. The van der Waals surface area contributed by atoms with Gasteiger partial charge in [-0.1, -0.05) is 6.08 Å². The number of hydrogen-bond acceptors (Lipinski definition) is 5. The Hall–Kier alpha value is -2.75. The summed E-state index contributed by atoms with van der Waals surface area (Å²) >= 11 is 6.27. The van der Waals surface area contributed by atoms with E-state index in [1.165, 1.54) is 29.3 Å². The minimum absolute atomic E-state index is 0.0230. The molecular weight excluding hydrogens is 475 g/mol. The Morgan fingerprint density at radius 1 is 1.26 bits per heavy atom. The number of anilines is 1. The number of hydrogen-bond donors (Lipinski definition) is 1. The molecule has 0 bridgehead atoms. The third-order valence-electron chi connectivity index (χ3n) is 5.19. The van der Waals surface area contributed by atoms with Crippen LogP contribution in [0.1, 0.15) is 39.2 Å². The van der Waals surface area contributed by atoms with E-state index in [-0.39, 0.29) is 30.6 Å². The first-order chi connectivity index (χ1) is 15.8. The maximum atomic E-state index is 13.5. The Morgan fingerprint density at radius 3 is 2.62 bits per heavy atom. The van der Waals surface area contributed by atoms with Gasteiger partial charge in [-0.15, -0.1) is 11.6 Å². The van der Waals surface area contributed by atoms with Crippen LogP contribution in [0, 0.1) is 0 Å². The summed E-state index contributed by atoms with van der Waals surface area (Å²) in [5, 5.41) is 2.43. The van der Waals surface area contributed by atoms with E-state index in [4.69, 9.17) is 21.1 Å². The molecule has 1 saturated heterocycles. The summed E-state index contributed by atoms with van der Waals surface area (Å²) in [6.45, 7) is 5.68. The van der Waals surface area contributed by atoms with Crippen molar-refractivity contribution in [3.05, 3.63) is 35.9 Å². The number of halogens is 4. The number of ether oxygens (including phenoxy) is 2. The molecule has 3 rings (SSSR count). The first-order valence-corrected chi connectivity index (χ1v) is 11.2. The van der Waals surface area contributed by atoms with Gasteiger partial charge >= 0.3 is 12.3 Å². The minimum atomic E-state index is -4.66. The fourth-order valence-electron chi connectivity index (χ4n) is 3.56. The summed E-state index contributed by atoms with van der Waals surface area (Å²) in [6, 6.07) is 2.60. The first kappa shape index (κ1) is 25.9. The maximum absolute atomic E-state index is 13.5. The zero-order valence-corrected chi connectivity index (χ0v) is 19.9. The predicted octanol–water partition coefficient (Wildman–Crippen LogP) is 5.04. The van der Waals surface area contributed by atoms with Crippen LogP contribution < -0.4 is 10.1 Å². The predicted molar refractivity (Wildman–Crippen MR) is 123 cm³/mol. The fourth-order valence-corrected chi connectivity index (χ4v) is 3.75. The average Bonchev–Trinajstić information content (AvgIpc) is 3.20. The number of carbonyl (C=O) groups is 2. The smallest absolute Gasteiger partial charge is 0.416 e. The number of nitrogens with zero attached hydrogens (tertiary/aromatic N) is 2. The normalized spacial score (nSPS) is 22.6. The van der Waals surface area contributed by atoms with Crippen LogP contribution >= 0.6 is 11.6 Å². The summed E-state index contributed by atoms with van der Waals surface area (Å²) < 4.78 is 51.5. The molecule has 1 unspecified atom stereocenters. The van der Waals surface area contributed by atoms with Crippen molar-refractivity contribution in [3.8, 4) is 5.75 Å². The van der Waals surface area contributed by atoms with Crippen LogP contribution in [0.15, 0.2) is 35.3 Å². The lowest BCUT2D eigenvalue weighted by atomic mass is 10.1. The van der Waals surface area contributed by atoms with Crippen LogP contribution in [-0.2, 0) is 15.7 Å². The summed E-state index contributed by atoms with van der Waals surface area (Å²) in [6.07, 6.45) is 0.596. The molecule has 11 heteroatoms. The molecule has 1 fully saturated rings. The molecule has 0 spiro atoms. The van der Waals surface area contributed by atoms with Gasteiger partial charge in [0.1, 0.15) is 18.0 Å². The number of benzene rings is 1. The van der Waals surface area contributed by atoms with Gasteiger partial charge in [0.15, 0.2) is 4.87 Å². The molecule has 34 heavy (non-hydrogen) atoms. The van der Waals surface area contributed by atoms with Gasteiger partial charge in [0, 0.05) is 24.5 Å². The van der Waals surface area contributed by atoms with Crippen LogP contribution in [0.5, 0.6) is 5.75 Å². The van der Waals surface area contributed by atoms with Crippen molar-refractivity contribution in [3.63, 3.8) is 0 Å². The second-order valence-electron chi connectivity index (χ2n) is 9.19. The molecule has 1 N–H and O–H groups in total. The number of amides is 2. The molecule has 7 nitrogen and oxygen atoms in total. The number of alkyl halides is 4. The summed E-state index contributed by atoms with van der Waals surface area (Å²) in [5.74, 6) is -0.804. The summed E-state index contributed by atoms with van der Waals surface area (Å²) in [7, 11) is 0. The summed E-state index contributed by atoms with van der Waals surface area (Å²) in [4.78, 5) is 29.0. The lowest BCUT2D eigenvalue weighted by Crippen LogP contribution is -2.42. The SMILES string of the molecule is CC(C)(C)OC(=O)N1CCCC1COc1cc(NC(=O)[C@]2(Cl)C=CC=NC2)cc(C(F)(F)F)c1. The molecule has 0 radical (unpaired) electrons. The molecule has 0 saturated carbocycles. The number of carbonyl (C=O) groups excluding carboxylic acids is 2. The van der Waals surface area contributed by atoms with Crippen molar-refractivity contribution in [2.75, 3.05) is 25.0 Å². The van der Waals surface area contributed by atoms with Gasteiger partial charge in [0.25, 0.3) is 5.91 Å². The molecule has 0 aliphatic carbocycles. The molecule has 0 aromatic heterocycles. The van der Waals surface area contributed by atoms with Crippen molar-refractivity contribution >= 4 is 35.5 Å². The highest BCUT2D eigenvalue weighted by molar-refractivity contribution is 6.38.